The van der Waals surface area contributed by atoms with Crippen LogP contribution >= 0.6 is 0 Å². The maximum absolute atomic E-state index is 13.0. The molecule has 0 saturated carbocycles. The molecule has 1 N–H and O–H groups in total. The van der Waals surface area contributed by atoms with Crippen LogP contribution in [0.2, 0.25) is 0 Å². The summed E-state index contributed by atoms with van der Waals surface area (Å²) in [6, 6.07) is 21.4. The SMILES string of the molecule is CN(CC1CN(CCOc2cccc3ccccc23)C1)S(=O)(=O)c1ccc2[nH]ccc2c1. The molecule has 6 nitrogen and oxygen atoms in total. The molecule has 1 saturated heterocycles. The first-order valence-corrected chi connectivity index (χ1v) is 12.3. The summed E-state index contributed by atoms with van der Waals surface area (Å²) < 4.78 is 33.5. The van der Waals surface area contributed by atoms with Gasteiger partial charge in [0.15, 0.2) is 0 Å². The fraction of sp³-hybridized carbons (Fsp3) is 0.280. The first-order chi connectivity index (χ1) is 15.5. The normalized spacial score (nSPS) is 15.4. The minimum absolute atomic E-state index is 0.336. The molecule has 1 aromatic heterocycles. The third-order valence-electron chi connectivity index (χ3n) is 6.20. The van der Waals surface area contributed by atoms with Crippen molar-refractivity contribution in [2.24, 2.45) is 5.92 Å². The Bertz CT molecular complexity index is 1340. The highest BCUT2D eigenvalue weighted by molar-refractivity contribution is 7.89. The number of ether oxygens (including phenoxy) is 1. The number of fused-ring (bicyclic) bond motifs is 2. The number of aromatic amines is 1. The van der Waals surface area contributed by atoms with Gasteiger partial charge in [-0.2, -0.15) is 0 Å². The molecule has 166 valence electrons. The lowest BCUT2D eigenvalue weighted by Gasteiger charge is -2.40. The van der Waals surface area contributed by atoms with Crippen molar-refractivity contribution in [2.75, 3.05) is 39.8 Å². The summed E-state index contributed by atoms with van der Waals surface area (Å²) in [5.74, 6) is 1.24. The predicted molar refractivity (Wildman–Crippen MR) is 127 cm³/mol. The third kappa shape index (κ3) is 4.11. The van der Waals surface area contributed by atoms with Gasteiger partial charge in [0.2, 0.25) is 10.0 Å². The van der Waals surface area contributed by atoms with Gasteiger partial charge in [0.05, 0.1) is 4.90 Å². The minimum atomic E-state index is -3.49. The smallest absolute Gasteiger partial charge is 0.242 e. The van der Waals surface area contributed by atoms with E-state index < -0.39 is 10.0 Å². The number of likely N-dealkylation sites (tertiary alicyclic amines) is 1. The zero-order chi connectivity index (χ0) is 22.1. The Balaban J connectivity index is 1.11. The average Bonchev–Trinajstić information content (AvgIpc) is 3.25. The molecule has 1 fully saturated rings. The number of nitrogens with one attached hydrogen (secondary N) is 1. The van der Waals surface area contributed by atoms with E-state index in [1.807, 2.05) is 42.6 Å². The van der Waals surface area contributed by atoms with E-state index in [-0.39, 0.29) is 0 Å². The highest BCUT2D eigenvalue weighted by Crippen LogP contribution is 2.26. The molecule has 7 heteroatoms. The summed E-state index contributed by atoms with van der Waals surface area (Å²) in [5, 5.41) is 3.20. The van der Waals surface area contributed by atoms with Crippen molar-refractivity contribution in [1.29, 1.82) is 0 Å². The topological polar surface area (TPSA) is 65.6 Å². The van der Waals surface area contributed by atoms with Crippen LogP contribution in [0.4, 0.5) is 0 Å². The number of rotatable bonds is 8. The van der Waals surface area contributed by atoms with Crippen molar-refractivity contribution in [2.45, 2.75) is 4.90 Å². The number of sulfonamides is 1. The Kier molecular flexibility index (Phi) is 5.63. The fourth-order valence-corrected chi connectivity index (χ4v) is 5.70. The van der Waals surface area contributed by atoms with Crippen molar-refractivity contribution in [3.8, 4) is 5.75 Å². The quantitative estimate of drug-likeness (QED) is 0.442. The first kappa shape index (κ1) is 21.0. The molecular formula is C25H27N3O3S. The Morgan fingerprint density at radius 3 is 2.72 bits per heavy atom. The Labute approximate surface area is 188 Å². The lowest BCUT2D eigenvalue weighted by Crippen LogP contribution is -2.52. The fourth-order valence-electron chi connectivity index (χ4n) is 4.41. The van der Waals surface area contributed by atoms with E-state index in [0.29, 0.717) is 24.0 Å². The molecule has 1 aliphatic heterocycles. The van der Waals surface area contributed by atoms with Crippen LogP contribution in [0.5, 0.6) is 5.75 Å². The number of benzene rings is 3. The first-order valence-electron chi connectivity index (χ1n) is 10.9. The molecule has 32 heavy (non-hydrogen) atoms. The molecule has 0 amide bonds. The Morgan fingerprint density at radius 2 is 1.84 bits per heavy atom. The van der Waals surface area contributed by atoms with E-state index in [0.717, 1.165) is 41.7 Å². The Hall–Kier alpha value is -2.87. The van der Waals surface area contributed by atoms with Gasteiger partial charge in [-0.15, -0.1) is 0 Å². The molecule has 5 rings (SSSR count). The number of hydrogen-bond acceptors (Lipinski definition) is 4. The summed E-state index contributed by atoms with van der Waals surface area (Å²) in [5.41, 5.74) is 0.937. The summed E-state index contributed by atoms with van der Waals surface area (Å²) in [6.45, 7) is 3.74. The van der Waals surface area contributed by atoms with Gasteiger partial charge < -0.3 is 9.72 Å². The van der Waals surface area contributed by atoms with Crippen molar-refractivity contribution < 1.29 is 13.2 Å². The lowest BCUT2D eigenvalue weighted by atomic mass is 10.0. The van der Waals surface area contributed by atoms with E-state index in [2.05, 4.69) is 28.1 Å². The third-order valence-corrected chi connectivity index (χ3v) is 8.02. The van der Waals surface area contributed by atoms with Gasteiger partial charge in [-0.25, -0.2) is 12.7 Å². The molecule has 0 atom stereocenters. The van der Waals surface area contributed by atoms with Crippen LogP contribution in [0, 0.1) is 5.92 Å². The second-order valence-corrected chi connectivity index (χ2v) is 10.5. The summed E-state index contributed by atoms with van der Waals surface area (Å²) in [4.78, 5) is 5.74. The number of hydrogen-bond donors (Lipinski definition) is 1. The average molecular weight is 450 g/mol. The second-order valence-electron chi connectivity index (χ2n) is 8.46. The van der Waals surface area contributed by atoms with Crippen LogP contribution in [0.3, 0.4) is 0 Å². The maximum Gasteiger partial charge on any atom is 0.242 e. The standard InChI is InChI=1S/C25H27N3O3S/c1-27(32(29,30)22-9-10-24-21(15-22)11-12-26-24)16-19-17-28(18-19)13-14-31-25-8-4-6-20-5-2-3-7-23(20)25/h2-12,15,19,26H,13-14,16-18H2,1H3. The molecule has 2 heterocycles. The van der Waals surface area contributed by atoms with Crippen molar-refractivity contribution in [3.05, 3.63) is 72.9 Å². The van der Waals surface area contributed by atoms with Gasteiger partial charge in [-0.3, -0.25) is 4.90 Å². The minimum Gasteiger partial charge on any atom is -0.492 e. The van der Waals surface area contributed by atoms with E-state index in [1.54, 1.807) is 19.2 Å². The van der Waals surface area contributed by atoms with Gasteiger partial charge >= 0.3 is 0 Å². The van der Waals surface area contributed by atoms with E-state index in [1.165, 1.54) is 9.69 Å². The molecular weight excluding hydrogens is 422 g/mol. The summed E-state index contributed by atoms with van der Waals surface area (Å²) >= 11 is 0. The van der Waals surface area contributed by atoms with Gasteiger partial charge in [0.25, 0.3) is 0 Å². The molecule has 3 aromatic carbocycles. The van der Waals surface area contributed by atoms with Gasteiger partial charge in [-0.05, 0) is 41.6 Å². The number of aromatic nitrogens is 1. The zero-order valence-electron chi connectivity index (χ0n) is 18.1. The second kappa shape index (κ2) is 8.58. The summed E-state index contributed by atoms with van der Waals surface area (Å²) in [7, 11) is -1.83. The lowest BCUT2D eigenvalue weighted by molar-refractivity contribution is 0.0739. The van der Waals surface area contributed by atoms with Crippen LogP contribution < -0.4 is 4.74 Å². The van der Waals surface area contributed by atoms with Crippen LogP contribution in [-0.2, 0) is 10.0 Å². The molecule has 0 spiro atoms. The molecule has 0 bridgehead atoms. The highest BCUT2D eigenvalue weighted by atomic mass is 32.2. The summed E-state index contributed by atoms with van der Waals surface area (Å²) in [6.07, 6.45) is 1.82. The van der Waals surface area contributed by atoms with Crippen LogP contribution in [0.15, 0.2) is 77.8 Å². The van der Waals surface area contributed by atoms with Crippen molar-refractivity contribution in [3.63, 3.8) is 0 Å². The number of nitrogens with zero attached hydrogens (tertiary/aromatic N) is 2. The molecule has 4 aromatic rings. The maximum atomic E-state index is 13.0. The van der Waals surface area contributed by atoms with Crippen molar-refractivity contribution >= 4 is 31.7 Å². The van der Waals surface area contributed by atoms with Crippen LogP contribution in [0.1, 0.15) is 0 Å². The van der Waals surface area contributed by atoms with Crippen LogP contribution in [0.25, 0.3) is 21.7 Å². The van der Waals surface area contributed by atoms with Crippen LogP contribution in [-0.4, -0.2) is 62.4 Å². The molecule has 0 radical (unpaired) electrons. The highest BCUT2D eigenvalue weighted by Gasteiger charge is 2.31. The van der Waals surface area contributed by atoms with Gasteiger partial charge in [0.1, 0.15) is 12.4 Å². The zero-order valence-corrected chi connectivity index (χ0v) is 18.9. The van der Waals surface area contributed by atoms with Gasteiger partial charge in [0, 0.05) is 55.7 Å². The molecule has 0 unspecified atom stereocenters. The monoisotopic (exact) mass is 449 g/mol. The number of H-pyrrole nitrogens is 1. The van der Waals surface area contributed by atoms with Gasteiger partial charge in [-0.1, -0.05) is 36.4 Å². The largest absolute Gasteiger partial charge is 0.492 e. The predicted octanol–water partition coefficient (Wildman–Crippen LogP) is 3.95. The Morgan fingerprint density at radius 1 is 1.03 bits per heavy atom. The van der Waals surface area contributed by atoms with E-state index >= 15 is 0 Å². The van der Waals surface area contributed by atoms with E-state index in [9.17, 15) is 8.42 Å². The van der Waals surface area contributed by atoms with Crippen molar-refractivity contribution in [1.82, 2.24) is 14.2 Å². The van der Waals surface area contributed by atoms with E-state index in [4.69, 9.17) is 4.74 Å². The molecule has 0 aliphatic carbocycles. The molecule has 1 aliphatic rings.